The van der Waals surface area contributed by atoms with Crippen molar-refractivity contribution in [2.24, 2.45) is 0 Å². The van der Waals surface area contributed by atoms with Gasteiger partial charge >= 0.3 is 6.03 Å². The van der Waals surface area contributed by atoms with Crippen LogP contribution in [0.25, 0.3) is 0 Å². The van der Waals surface area contributed by atoms with Gasteiger partial charge in [0.15, 0.2) is 0 Å². The molecule has 0 atom stereocenters. The van der Waals surface area contributed by atoms with Crippen LogP contribution in [0.4, 0.5) is 4.79 Å². The molecule has 0 radical (unpaired) electrons. The highest BCUT2D eigenvalue weighted by atomic mass is 32.2. The van der Waals surface area contributed by atoms with Crippen LogP contribution in [0.3, 0.4) is 0 Å². The first-order chi connectivity index (χ1) is 5.81. The van der Waals surface area contributed by atoms with E-state index in [9.17, 15) is 4.79 Å². The molecule has 5 heteroatoms. The second-order valence-electron chi connectivity index (χ2n) is 2.28. The van der Waals surface area contributed by atoms with Gasteiger partial charge in [-0.3, -0.25) is 4.72 Å². The van der Waals surface area contributed by atoms with Crippen molar-refractivity contribution >= 4 is 18.0 Å². The summed E-state index contributed by atoms with van der Waals surface area (Å²) in [6.07, 6.45) is 2.92. The second-order valence-corrected chi connectivity index (χ2v) is 2.98. The number of nitrogens with one attached hydrogen (secondary N) is 3. The van der Waals surface area contributed by atoms with E-state index in [-0.39, 0.29) is 6.03 Å². The van der Waals surface area contributed by atoms with Crippen LogP contribution in [0, 0.1) is 0 Å². The van der Waals surface area contributed by atoms with E-state index in [4.69, 9.17) is 0 Å². The van der Waals surface area contributed by atoms with Gasteiger partial charge in [-0.05, 0) is 12.7 Å². The van der Waals surface area contributed by atoms with E-state index >= 15 is 0 Å². The maximum absolute atomic E-state index is 10.9. The summed E-state index contributed by atoms with van der Waals surface area (Å²) in [6, 6.07) is -0.0836. The molecule has 0 aromatic carbocycles. The monoisotopic (exact) mass is 191 g/mol. The van der Waals surface area contributed by atoms with E-state index in [1.54, 1.807) is 11.9 Å². The molecule has 0 heterocycles. The van der Waals surface area contributed by atoms with Gasteiger partial charge < -0.3 is 10.6 Å². The van der Waals surface area contributed by atoms with Gasteiger partial charge in [0.25, 0.3) is 0 Å². The highest BCUT2D eigenvalue weighted by molar-refractivity contribution is 7.96. The van der Waals surface area contributed by atoms with Crippen molar-refractivity contribution in [2.45, 2.75) is 13.3 Å². The maximum atomic E-state index is 10.9. The molecular weight excluding hydrogens is 174 g/mol. The molecule has 0 fully saturated rings. The predicted molar refractivity (Wildman–Crippen MR) is 53.2 cm³/mol. The van der Waals surface area contributed by atoms with Crippen LogP contribution in [-0.4, -0.2) is 31.9 Å². The maximum Gasteiger partial charge on any atom is 0.314 e. The lowest BCUT2D eigenvalue weighted by atomic mass is 10.5. The Kier molecular flexibility index (Phi) is 8.37. The second kappa shape index (κ2) is 8.67. The molecule has 0 aromatic heterocycles. The van der Waals surface area contributed by atoms with Crippen molar-refractivity contribution in [1.29, 1.82) is 0 Å². The predicted octanol–water partition coefficient (Wildman–Crippen LogP) is 0.563. The van der Waals surface area contributed by atoms with Crippen LogP contribution < -0.4 is 15.4 Å². The quantitative estimate of drug-likeness (QED) is 0.425. The smallest absolute Gasteiger partial charge is 0.314 e. The molecule has 0 aliphatic rings. The molecular formula is C7H17N3OS. The van der Waals surface area contributed by atoms with Crippen LogP contribution in [0.5, 0.6) is 0 Å². The molecule has 0 aliphatic heterocycles. The fourth-order valence-corrected chi connectivity index (χ4v) is 0.936. The number of hydrogen-bond acceptors (Lipinski definition) is 3. The summed E-state index contributed by atoms with van der Waals surface area (Å²) in [4.78, 5) is 10.9. The lowest BCUT2D eigenvalue weighted by Gasteiger charge is -2.05. The van der Waals surface area contributed by atoms with Gasteiger partial charge in [-0.25, -0.2) is 4.79 Å². The summed E-state index contributed by atoms with van der Waals surface area (Å²) in [5, 5.41) is 5.45. The van der Waals surface area contributed by atoms with Crippen molar-refractivity contribution in [3.05, 3.63) is 0 Å². The molecule has 2 amide bonds. The normalized spacial score (nSPS) is 9.50. The standard InChI is InChI=1S/C7H17N3OS/c1-3-4-8-7(11)9-5-6-10-12-2/h10H,3-6H2,1-2H3,(H2,8,9,11). The minimum Gasteiger partial charge on any atom is -0.338 e. The molecule has 0 rings (SSSR count). The number of amides is 2. The number of hydrogen-bond donors (Lipinski definition) is 3. The third kappa shape index (κ3) is 7.68. The molecule has 0 saturated carbocycles. The highest BCUT2D eigenvalue weighted by Gasteiger charge is 1.95. The van der Waals surface area contributed by atoms with E-state index in [2.05, 4.69) is 15.4 Å². The Morgan fingerprint density at radius 1 is 1.25 bits per heavy atom. The summed E-state index contributed by atoms with van der Waals surface area (Å²) in [6.45, 7) is 4.22. The highest BCUT2D eigenvalue weighted by Crippen LogP contribution is 1.77. The molecule has 12 heavy (non-hydrogen) atoms. The number of carbonyl (C=O) groups excluding carboxylic acids is 1. The molecule has 4 nitrogen and oxygen atoms in total. The Labute approximate surface area is 78.0 Å². The number of urea groups is 1. The molecule has 0 unspecified atom stereocenters. The van der Waals surface area contributed by atoms with Gasteiger partial charge in [-0.15, -0.1) is 0 Å². The fraction of sp³-hybridized carbons (Fsp3) is 0.857. The van der Waals surface area contributed by atoms with Crippen molar-refractivity contribution < 1.29 is 4.79 Å². The van der Waals surface area contributed by atoms with E-state index in [1.165, 1.54) is 0 Å². The SMILES string of the molecule is CCCNC(=O)NCCNSC. The summed E-state index contributed by atoms with van der Waals surface area (Å²) in [7, 11) is 0. The number of rotatable bonds is 6. The zero-order valence-corrected chi connectivity index (χ0v) is 8.46. The zero-order valence-electron chi connectivity index (χ0n) is 7.64. The molecule has 0 aliphatic carbocycles. The largest absolute Gasteiger partial charge is 0.338 e. The van der Waals surface area contributed by atoms with Crippen molar-refractivity contribution in [3.8, 4) is 0 Å². The summed E-state index contributed by atoms with van der Waals surface area (Å²) < 4.78 is 3.03. The van der Waals surface area contributed by atoms with Gasteiger partial charge in [-0.2, -0.15) is 0 Å². The Bertz CT molecular complexity index is 121. The van der Waals surface area contributed by atoms with Crippen molar-refractivity contribution in [3.63, 3.8) is 0 Å². The lowest BCUT2D eigenvalue weighted by molar-refractivity contribution is 0.241. The first kappa shape index (κ1) is 11.6. The topological polar surface area (TPSA) is 53.2 Å². The van der Waals surface area contributed by atoms with Crippen LogP contribution in [0.2, 0.25) is 0 Å². The third-order valence-corrected chi connectivity index (χ3v) is 1.69. The van der Waals surface area contributed by atoms with Crippen LogP contribution in [0.15, 0.2) is 0 Å². The first-order valence-electron chi connectivity index (χ1n) is 4.08. The summed E-state index contributed by atoms with van der Waals surface area (Å²) >= 11 is 1.55. The Morgan fingerprint density at radius 2 is 1.92 bits per heavy atom. The van der Waals surface area contributed by atoms with Gasteiger partial charge in [0.1, 0.15) is 0 Å². The van der Waals surface area contributed by atoms with E-state index in [0.29, 0.717) is 6.54 Å². The van der Waals surface area contributed by atoms with Gasteiger partial charge in [-0.1, -0.05) is 18.9 Å². The van der Waals surface area contributed by atoms with Gasteiger partial charge in [0.2, 0.25) is 0 Å². The Hall–Kier alpha value is -0.420. The van der Waals surface area contributed by atoms with E-state index < -0.39 is 0 Å². The third-order valence-electron chi connectivity index (χ3n) is 1.19. The average Bonchev–Trinajstić information content (AvgIpc) is 2.09. The first-order valence-corrected chi connectivity index (χ1v) is 5.31. The van der Waals surface area contributed by atoms with Crippen LogP contribution in [0.1, 0.15) is 13.3 Å². The number of carbonyl (C=O) groups is 1. The van der Waals surface area contributed by atoms with Gasteiger partial charge in [0, 0.05) is 19.6 Å². The van der Waals surface area contributed by atoms with E-state index in [1.807, 2.05) is 13.2 Å². The van der Waals surface area contributed by atoms with Crippen molar-refractivity contribution in [2.75, 3.05) is 25.9 Å². The minimum atomic E-state index is -0.0836. The van der Waals surface area contributed by atoms with Gasteiger partial charge in [0.05, 0.1) is 0 Å². The average molecular weight is 191 g/mol. The van der Waals surface area contributed by atoms with Crippen molar-refractivity contribution in [1.82, 2.24) is 15.4 Å². The minimum absolute atomic E-state index is 0.0836. The zero-order chi connectivity index (χ0) is 9.23. The fourth-order valence-electron chi connectivity index (χ4n) is 0.630. The van der Waals surface area contributed by atoms with Crippen LogP contribution in [-0.2, 0) is 0 Å². The van der Waals surface area contributed by atoms with E-state index in [0.717, 1.165) is 19.5 Å². The molecule has 0 saturated heterocycles. The summed E-state index contributed by atoms with van der Waals surface area (Å²) in [5.41, 5.74) is 0. The van der Waals surface area contributed by atoms with Crippen LogP contribution >= 0.6 is 11.9 Å². The Morgan fingerprint density at radius 3 is 2.50 bits per heavy atom. The molecule has 0 bridgehead atoms. The summed E-state index contributed by atoms with van der Waals surface area (Å²) in [5.74, 6) is 0. The molecule has 72 valence electrons. The molecule has 0 spiro atoms. The molecule has 3 N–H and O–H groups in total. The Balaban J connectivity index is 3.08. The molecule has 0 aromatic rings. The lowest BCUT2D eigenvalue weighted by Crippen LogP contribution is -2.38.